The van der Waals surface area contributed by atoms with E-state index in [1.165, 1.54) is 0 Å². The van der Waals surface area contributed by atoms with Crippen LogP contribution in [0.15, 0.2) is 29.2 Å². The molecule has 0 aromatic heterocycles. The van der Waals surface area contributed by atoms with Crippen molar-refractivity contribution in [2.45, 2.75) is 43.3 Å². The van der Waals surface area contributed by atoms with E-state index < -0.39 is 38.7 Å². The zero-order chi connectivity index (χ0) is 17.0. The number of unbranched alkanes of at least 4 members (excludes halogenated alkanes) is 1. The first kappa shape index (κ1) is 18.4. The van der Waals surface area contributed by atoms with Gasteiger partial charge in [-0.05, 0) is 30.7 Å². The van der Waals surface area contributed by atoms with Gasteiger partial charge in [0.05, 0.1) is 10.5 Å². The van der Waals surface area contributed by atoms with Crippen LogP contribution in [-0.4, -0.2) is 25.5 Å². The molecule has 0 aliphatic carbocycles. The third-order valence-corrected chi connectivity index (χ3v) is 4.42. The Morgan fingerprint density at radius 2 is 1.82 bits per heavy atom. The van der Waals surface area contributed by atoms with Gasteiger partial charge < -0.3 is 5.11 Å². The molecule has 0 heterocycles. The molecule has 0 spiro atoms. The average Bonchev–Trinajstić information content (AvgIpc) is 2.42. The fourth-order valence-corrected chi connectivity index (χ4v) is 2.94. The van der Waals surface area contributed by atoms with Crippen LogP contribution < -0.4 is 4.72 Å². The first-order valence-electron chi connectivity index (χ1n) is 6.50. The highest BCUT2D eigenvalue weighted by Gasteiger charge is 2.31. The summed E-state index contributed by atoms with van der Waals surface area (Å²) in [5.74, 6) is -1.33. The van der Waals surface area contributed by atoms with Gasteiger partial charge in [-0.25, -0.2) is 8.42 Å². The van der Waals surface area contributed by atoms with Gasteiger partial charge in [0, 0.05) is 0 Å². The van der Waals surface area contributed by atoms with Crippen LogP contribution in [0.25, 0.3) is 0 Å². The minimum atomic E-state index is -4.57. The van der Waals surface area contributed by atoms with Gasteiger partial charge in [0.1, 0.15) is 6.04 Å². The molecule has 0 aliphatic heterocycles. The van der Waals surface area contributed by atoms with Crippen molar-refractivity contribution in [3.63, 3.8) is 0 Å². The Morgan fingerprint density at radius 1 is 1.27 bits per heavy atom. The van der Waals surface area contributed by atoms with E-state index in [0.717, 1.165) is 12.1 Å². The number of carboxylic acid groups (broad SMARTS) is 1. The first-order valence-corrected chi connectivity index (χ1v) is 7.98. The summed E-state index contributed by atoms with van der Waals surface area (Å²) < 4.78 is 63.3. The lowest BCUT2D eigenvalue weighted by Crippen LogP contribution is -2.40. The van der Waals surface area contributed by atoms with Gasteiger partial charge in [-0.3, -0.25) is 4.79 Å². The van der Waals surface area contributed by atoms with Crippen LogP contribution in [0.1, 0.15) is 31.7 Å². The number of benzene rings is 1. The number of nitrogens with one attached hydrogen (secondary N) is 1. The molecule has 0 radical (unpaired) electrons. The smallest absolute Gasteiger partial charge is 0.416 e. The Kier molecular flexibility index (Phi) is 5.95. The molecule has 1 unspecified atom stereocenters. The van der Waals surface area contributed by atoms with Crippen LogP contribution in [0, 0.1) is 0 Å². The number of halogens is 3. The molecule has 1 atom stereocenters. The zero-order valence-corrected chi connectivity index (χ0v) is 12.5. The van der Waals surface area contributed by atoms with Gasteiger partial charge in [-0.2, -0.15) is 17.9 Å². The number of aliphatic carboxylic acids is 1. The summed E-state index contributed by atoms with van der Waals surface area (Å²) in [7, 11) is -4.20. The fraction of sp³-hybridized carbons (Fsp3) is 0.462. The van der Waals surface area contributed by atoms with Crippen molar-refractivity contribution < 1.29 is 31.5 Å². The van der Waals surface area contributed by atoms with Gasteiger partial charge in [0.25, 0.3) is 0 Å². The van der Waals surface area contributed by atoms with Crippen molar-refractivity contribution >= 4 is 16.0 Å². The SMILES string of the molecule is CCCCC(NS(=O)(=O)c1ccc(C(F)(F)F)cc1)C(=O)O. The van der Waals surface area contributed by atoms with Crippen LogP contribution in [0.3, 0.4) is 0 Å². The minimum Gasteiger partial charge on any atom is -0.480 e. The Hall–Kier alpha value is -1.61. The van der Waals surface area contributed by atoms with Crippen molar-refractivity contribution in [2.24, 2.45) is 0 Å². The molecular formula is C13H16F3NO4S. The standard InChI is InChI=1S/C13H16F3NO4S/c1-2-3-4-11(12(18)19)17-22(20,21)10-7-5-9(6-8-10)13(14,15)16/h5-8,11,17H,2-4H2,1H3,(H,18,19). The summed E-state index contributed by atoms with van der Waals surface area (Å²) in [5.41, 5.74) is -0.979. The van der Waals surface area contributed by atoms with Crippen molar-refractivity contribution in [1.82, 2.24) is 4.72 Å². The van der Waals surface area contributed by atoms with E-state index in [4.69, 9.17) is 5.11 Å². The van der Waals surface area contributed by atoms with E-state index in [9.17, 15) is 26.4 Å². The van der Waals surface area contributed by atoms with E-state index in [-0.39, 0.29) is 6.42 Å². The lowest BCUT2D eigenvalue weighted by atomic mass is 10.1. The van der Waals surface area contributed by atoms with Gasteiger partial charge in [-0.15, -0.1) is 0 Å². The fourth-order valence-electron chi connectivity index (χ4n) is 1.72. The second-order valence-corrected chi connectivity index (χ2v) is 6.39. The number of sulfonamides is 1. The maximum absolute atomic E-state index is 12.4. The largest absolute Gasteiger partial charge is 0.480 e. The second-order valence-electron chi connectivity index (χ2n) is 4.68. The number of rotatable bonds is 7. The molecule has 0 fully saturated rings. The molecule has 124 valence electrons. The summed E-state index contributed by atoms with van der Waals surface area (Å²) in [6, 6.07) is 1.55. The Morgan fingerprint density at radius 3 is 2.23 bits per heavy atom. The summed E-state index contributed by atoms with van der Waals surface area (Å²) in [6.07, 6.45) is -3.27. The molecule has 9 heteroatoms. The molecule has 0 saturated heterocycles. The minimum absolute atomic E-state index is 0.103. The topological polar surface area (TPSA) is 83.5 Å². The first-order chi connectivity index (χ1) is 10.1. The van der Waals surface area contributed by atoms with Crippen molar-refractivity contribution in [3.05, 3.63) is 29.8 Å². The van der Waals surface area contributed by atoms with Gasteiger partial charge in [0.15, 0.2) is 0 Å². The Labute approximate surface area is 126 Å². The highest BCUT2D eigenvalue weighted by Crippen LogP contribution is 2.29. The van der Waals surface area contributed by atoms with Crippen LogP contribution >= 0.6 is 0 Å². The van der Waals surface area contributed by atoms with E-state index in [0.29, 0.717) is 25.0 Å². The predicted molar refractivity (Wildman–Crippen MR) is 72.7 cm³/mol. The molecule has 1 aromatic carbocycles. The number of carboxylic acids is 1. The molecule has 5 nitrogen and oxygen atoms in total. The molecule has 1 rings (SSSR count). The van der Waals surface area contributed by atoms with Crippen LogP contribution in [0.5, 0.6) is 0 Å². The monoisotopic (exact) mass is 339 g/mol. The maximum atomic E-state index is 12.4. The maximum Gasteiger partial charge on any atom is 0.416 e. The zero-order valence-electron chi connectivity index (χ0n) is 11.7. The quantitative estimate of drug-likeness (QED) is 0.800. The highest BCUT2D eigenvalue weighted by atomic mass is 32.2. The van der Waals surface area contributed by atoms with Crippen molar-refractivity contribution in [2.75, 3.05) is 0 Å². The van der Waals surface area contributed by atoms with E-state index in [2.05, 4.69) is 0 Å². The number of hydrogen-bond acceptors (Lipinski definition) is 3. The molecule has 0 saturated carbocycles. The van der Waals surface area contributed by atoms with Gasteiger partial charge in [-0.1, -0.05) is 19.8 Å². The van der Waals surface area contributed by atoms with Gasteiger partial charge in [0.2, 0.25) is 10.0 Å². The normalized spacial score (nSPS) is 13.8. The summed E-state index contributed by atoms with van der Waals surface area (Å²) in [6.45, 7) is 1.82. The number of carbonyl (C=O) groups is 1. The lowest BCUT2D eigenvalue weighted by Gasteiger charge is -2.15. The second kappa shape index (κ2) is 7.10. The highest BCUT2D eigenvalue weighted by molar-refractivity contribution is 7.89. The molecule has 0 amide bonds. The van der Waals surface area contributed by atoms with Crippen molar-refractivity contribution in [3.8, 4) is 0 Å². The number of alkyl halides is 3. The Bertz CT molecular complexity index is 611. The number of hydrogen-bond donors (Lipinski definition) is 2. The molecule has 2 N–H and O–H groups in total. The van der Waals surface area contributed by atoms with Gasteiger partial charge >= 0.3 is 12.1 Å². The summed E-state index contributed by atoms with van der Waals surface area (Å²) in [5, 5.41) is 8.99. The molecule has 0 aliphatic rings. The van der Waals surface area contributed by atoms with E-state index in [1.54, 1.807) is 0 Å². The van der Waals surface area contributed by atoms with E-state index in [1.807, 2.05) is 11.6 Å². The van der Waals surface area contributed by atoms with Crippen LogP contribution in [0.2, 0.25) is 0 Å². The molecular weight excluding hydrogens is 323 g/mol. The van der Waals surface area contributed by atoms with Crippen LogP contribution in [0.4, 0.5) is 13.2 Å². The third kappa shape index (κ3) is 4.99. The molecule has 22 heavy (non-hydrogen) atoms. The molecule has 0 bridgehead atoms. The third-order valence-electron chi connectivity index (χ3n) is 2.93. The molecule has 1 aromatic rings. The summed E-state index contributed by atoms with van der Waals surface area (Å²) in [4.78, 5) is 10.6. The Balaban J connectivity index is 2.96. The summed E-state index contributed by atoms with van der Waals surface area (Å²) >= 11 is 0. The lowest BCUT2D eigenvalue weighted by molar-refractivity contribution is -0.139. The van der Waals surface area contributed by atoms with Crippen LogP contribution in [-0.2, 0) is 21.0 Å². The predicted octanol–water partition coefficient (Wildman–Crippen LogP) is 2.63. The average molecular weight is 339 g/mol. The van der Waals surface area contributed by atoms with Crippen molar-refractivity contribution in [1.29, 1.82) is 0 Å². The van der Waals surface area contributed by atoms with E-state index >= 15 is 0 Å².